The summed E-state index contributed by atoms with van der Waals surface area (Å²) >= 11 is 0. The van der Waals surface area contributed by atoms with E-state index >= 15 is 0 Å². The summed E-state index contributed by atoms with van der Waals surface area (Å²) in [6, 6.07) is 0. The maximum atomic E-state index is 10.8. The first-order chi connectivity index (χ1) is 5.56. The molecule has 0 fully saturated rings. The number of rotatable bonds is 4. The van der Waals surface area contributed by atoms with E-state index in [2.05, 4.69) is 4.74 Å². The molecular weight excluding hydrogens is 162 g/mol. The molecule has 0 saturated heterocycles. The van der Waals surface area contributed by atoms with E-state index in [1.807, 2.05) is 0 Å². The Labute approximate surface area is 69.6 Å². The highest BCUT2D eigenvalue weighted by Crippen LogP contribution is 1.96. The standard InChI is InChI=1S/C7H9NO4/c1-5(9)2-6(10)3-7(11)12-4-8/h5,9H,2-3H2,1H3. The molecule has 0 aromatic rings. The lowest BCUT2D eigenvalue weighted by Gasteiger charge is -2.00. The highest BCUT2D eigenvalue weighted by atomic mass is 16.5. The van der Waals surface area contributed by atoms with E-state index in [-0.39, 0.29) is 6.42 Å². The fraction of sp³-hybridized carbons (Fsp3) is 0.571. The first-order valence-corrected chi connectivity index (χ1v) is 3.34. The Bertz CT molecular complexity index is 216. The SMILES string of the molecule is CC(O)CC(=O)CC(=O)OC#N. The van der Waals surface area contributed by atoms with Crippen LogP contribution in [0, 0.1) is 11.5 Å². The van der Waals surface area contributed by atoms with Gasteiger partial charge in [0.25, 0.3) is 6.26 Å². The number of esters is 1. The molecule has 0 rings (SSSR count). The summed E-state index contributed by atoms with van der Waals surface area (Å²) in [6.07, 6.45) is -0.166. The van der Waals surface area contributed by atoms with Crippen LogP contribution in [0.15, 0.2) is 0 Å². The van der Waals surface area contributed by atoms with Gasteiger partial charge < -0.3 is 9.84 Å². The Hall–Kier alpha value is -1.41. The van der Waals surface area contributed by atoms with Crippen LogP contribution in [-0.4, -0.2) is 23.0 Å². The van der Waals surface area contributed by atoms with Crippen LogP contribution in [0.5, 0.6) is 0 Å². The summed E-state index contributed by atoms with van der Waals surface area (Å²) in [5.74, 6) is -1.33. The molecule has 1 N–H and O–H groups in total. The van der Waals surface area contributed by atoms with E-state index in [1.54, 1.807) is 0 Å². The van der Waals surface area contributed by atoms with Gasteiger partial charge in [-0.3, -0.25) is 9.59 Å². The Kier molecular flexibility index (Phi) is 4.65. The van der Waals surface area contributed by atoms with E-state index in [9.17, 15) is 9.59 Å². The molecule has 0 bridgehead atoms. The molecule has 0 aromatic carbocycles. The molecule has 1 unspecified atom stereocenters. The third-order valence-electron chi connectivity index (χ3n) is 1.02. The topological polar surface area (TPSA) is 87.4 Å². The van der Waals surface area contributed by atoms with Crippen LogP contribution in [0.1, 0.15) is 19.8 Å². The maximum absolute atomic E-state index is 10.8. The van der Waals surface area contributed by atoms with Crippen LogP contribution in [0.3, 0.4) is 0 Å². The highest BCUT2D eigenvalue weighted by Gasteiger charge is 2.12. The summed E-state index contributed by atoms with van der Waals surface area (Å²) in [6.45, 7) is 1.44. The van der Waals surface area contributed by atoms with Crippen molar-refractivity contribution in [1.82, 2.24) is 0 Å². The van der Waals surface area contributed by atoms with Crippen molar-refractivity contribution in [2.75, 3.05) is 0 Å². The molecule has 0 saturated carbocycles. The van der Waals surface area contributed by atoms with Crippen LogP contribution in [0.25, 0.3) is 0 Å². The number of aliphatic hydroxyl groups excluding tert-OH is 1. The molecule has 0 aliphatic rings. The minimum absolute atomic E-state index is 0.0967. The minimum atomic E-state index is -0.886. The second-order valence-electron chi connectivity index (χ2n) is 2.33. The molecule has 0 aromatic heterocycles. The smallest absolute Gasteiger partial charge is 0.329 e. The molecule has 0 aliphatic carbocycles. The van der Waals surface area contributed by atoms with E-state index in [1.165, 1.54) is 6.92 Å². The van der Waals surface area contributed by atoms with Crippen molar-refractivity contribution in [3.05, 3.63) is 0 Å². The second-order valence-corrected chi connectivity index (χ2v) is 2.33. The fourth-order valence-electron chi connectivity index (χ4n) is 0.650. The van der Waals surface area contributed by atoms with Crippen molar-refractivity contribution < 1.29 is 19.4 Å². The lowest BCUT2D eigenvalue weighted by Crippen LogP contribution is -2.14. The van der Waals surface area contributed by atoms with Gasteiger partial charge in [0.05, 0.1) is 6.10 Å². The summed E-state index contributed by atoms with van der Waals surface area (Å²) in [5.41, 5.74) is 0. The van der Waals surface area contributed by atoms with Gasteiger partial charge in [-0.25, -0.2) is 0 Å². The van der Waals surface area contributed by atoms with Crippen molar-refractivity contribution in [2.24, 2.45) is 0 Å². The van der Waals surface area contributed by atoms with Gasteiger partial charge in [-0.15, -0.1) is 5.26 Å². The van der Waals surface area contributed by atoms with Gasteiger partial charge >= 0.3 is 5.97 Å². The van der Waals surface area contributed by atoms with E-state index in [4.69, 9.17) is 10.4 Å². The van der Waals surface area contributed by atoms with Gasteiger partial charge in [0.1, 0.15) is 12.2 Å². The Morgan fingerprint density at radius 3 is 2.67 bits per heavy atom. The summed E-state index contributed by atoms with van der Waals surface area (Å²) < 4.78 is 3.86. The molecule has 1 atom stereocenters. The zero-order chi connectivity index (χ0) is 9.56. The van der Waals surface area contributed by atoms with Crippen LogP contribution in [0.4, 0.5) is 0 Å². The second kappa shape index (κ2) is 5.27. The number of nitriles is 1. The van der Waals surface area contributed by atoms with Crippen molar-refractivity contribution in [3.8, 4) is 6.26 Å². The molecule has 0 spiro atoms. The number of ketones is 1. The number of hydrogen-bond acceptors (Lipinski definition) is 5. The average molecular weight is 171 g/mol. The molecule has 5 heteroatoms. The molecule has 0 heterocycles. The predicted molar refractivity (Wildman–Crippen MR) is 37.6 cm³/mol. The fourth-order valence-corrected chi connectivity index (χ4v) is 0.650. The lowest BCUT2D eigenvalue weighted by atomic mass is 10.1. The number of nitrogens with zero attached hydrogens (tertiary/aromatic N) is 1. The molecule has 12 heavy (non-hydrogen) atoms. The van der Waals surface area contributed by atoms with E-state index < -0.39 is 24.3 Å². The molecule has 0 aliphatic heterocycles. The number of Topliss-reactive ketones (excluding diaryl/α,β-unsaturated/α-hetero) is 1. The third-order valence-corrected chi connectivity index (χ3v) is 1.02. The molecule has 5 nitrogen and oxygen atoms in total. The average Bonchev–Trinajstić information content (AvgIpc) is 1.84. The molecule has 66 valence electrons. The molecule has 0 amide bonds. The summed E-state index contributed by atoms with van der Waals surface area (Å²) in [7, 11) is 0. The zero-order valence-electron chi connectivity index (χ0n) is 6.61. The number of carbonyl (C=O) groups excluding carboxylic acids is 2. The van der Waals surface area contributed by atoms with Crippen molar-refractivity contribution in [3.63, 3.8) is 0 Å². The Morgan fingerprint density at radius 1 is 1.67 bits per heavy atom. The van der Waals surface area contributed by atoms with E-state index in [0.717, 1.165) is 6.26 Å². The Morgan fingerprint density at radius 2 is 2.25 bits per heavy atom. The number of ether oxygens (including phenoxy) is 1. The van der Waals surface area contributed by atoms with Gasteiger partial charge in [0.15, 0.2) is 0 Å². The largest absolute Gasteiger partial charge is 0.393 e. The first-order valence-electron chi connectivity index (χ1n) is 3.34. The quantitative estimate of drug-likeness (QED) is 0.357. The number of carbonyl (C=O) groups is 2. The van der Waals surface area contributed by atoms with Crippen LogP contribution in [0.2, 0.25) is 0 Å². The van der Waals surface area contributed by atoms with Gasteiger partial charge in [-0.05, 0) is 6.92 Å². The van der Waals surface area contributed by atoms with Crippen molar-refractivity contribution in [2.45, 2.75) is 25.9 Å². The molecular formula is C7H9NO4. The highest BCUT2D eigenvalue weighted by molar-refractivity contribution is 5.95. The van der Waals surface area contributed by atoms with Crippen LogP contribution < -0.4 is 0 Å². The van der Waals surface area contributed by atoms with E-state index in [0.29, 0.717) is 0 Å². The predicted octanol–water partition coefficient (Wildman–Crippen LogP) is -0.259. The first kappa shape index (κ1) is 10.6. The molecule has 0 radical (unpaired) electrons. The number of hydrogen-bond donors (Lipinski definition) is 1. The van der Waals surface area contributed by atoms with Crippen LogP contribution in [-0.2, 0) is 14.3 Å². The normalized spacial score (nSPS) is 11.4. The van der Waals surface area contributed by atoms with Crippen LogP contribution >= 0.6 is 0 Å². The maximum Gasteiger partial charge on any atom is 0.329 e. The third kappa shape index (κ3) is 5.38. The monoisotopic (exact) mass is 171 g/mol. The van der Waals surface area contributed by atoms with Crippen molar-refractivity contribution in [1.29, 1.82) is 5.26 Å². The lowest BCUT2D eigenvalue weighted by molar-refractivity contribution is -0.140. The van der Waals surface area contributed by atoms with Gasteiger partial charge in [-0.1, -0.05) is 0 Å². The minimum Gasteiger partial charge on any atom is -0.393 e. The number of aliphatic hydroxyl groups is 1. The van der Waals surface area contributed by atoms with Gasteiger partial charge in [0, 0.05) is 6.42 Å². The Balaban J connectivity index is 3.71. The van der Waals surface area contributed by atoms with Gasteiger partial charge in [-0.2, -0.15) is 0 Å². The van der Waals surface area contributed by atoms with Gasteiger partial charge in [0.2, 0.25) is 0 Å². The summed E-state index contributed by atoms with van der Waals surface area (Å²) in [5, 5.41) is 16.6. The van der Waals surface area contributed by atoms with Crippen molar-refractivity contribution >= 4 is 11.8 Å². The zero-order valence-corrected chi connectivity index (χ0v) is 6.61. The summed E-state index contributed by atoms with van der Waals surface area (Å²) in [4.78, 5) is 21.3.